The molecule has 2 amide bonds. The van der Waals surface area contributed by atoms with Gasteiger partial charge < -0.3 is 15.4 Å². The van der Waals surface area contributed by atoms with Gasteiger partial charge in [0.05, 0.1) is 5.69 Å². The molecule has 5 nitrogen and oxygen atoms in total. The predicted molar refractivity (Wildman–Crippen MR) is 69.2 cm³/mol. The van der Waals surface area contributed by atoms with Crippen LogP contribution in [0.2, 0.25) is 0 Å². The molecule has 0 bridgehead atoms. The summed E-state index contributed by atoms with van der Waals surface area (Å²) < 4.78 is 43.8. The summed E-state index contributed by atoms with van der Waals surface area (Å²) in [6, 6.07) is 1.55. The molecule has 116 valence electrons. The van der Waals surface area contributed by atoms with Crippen LogP contribution >= 0.6 is 0 Å². The van der Waals surface area contributed by atoms with Crippen LogP contribution in [0.5, 0.6) is 0 Å². The van der Waals surface area contributed by atoms with Crippen molar-refractivity contribution >= 4 is 17.7 Å². The Morgan fingerprint density at radius 3 is 2.33 bits per heavy atom. The molecule has 0 aliphatic rings. The summed E-state index contributed by atoms with van der Waals surface area (Å²) in [6.07, 6.45) is -0.830. The smallest absolute Gasteiger partial charge is 0.408 e. The van der Waals surface area contributed by atoms with Crippen molar-refractivity contribution in [2.75, 3.05) is 11.9 Å². The van der Waals surface area contributed by atoms with Crippen molar-refractivity contribution in [3.8, 4) is 0 Å². The quantitative estimate of drug-likeness (QED) is 0.843. The highest BCUT2D eigenvalue weighted by Gasteiger charge is 2.18. The predicted octanol–water partition coefficient (Wildman–Crippen LogP) is 2.57. The van der Waals surface area contributed by atoms with Gasteiger partial charge in [-0.1, -0.05) is 0 Å². The van der Waals surface area contributed by atoms with E-state index in [1.807, 2.05) is 5.32 Å². The van der Waals surface area contributed by atoms with E-state index in [1.54, 1.807) is 20.8 Å². The zero-order chi connectivity index (χ0) is 16.2. The maximum atomic E-state index is 13.3. The lowest BCUT2D eigenvalue weighted by Crippen LogP contribution is -2.37. The van der Waals surface area contributed by atoms with Crippen molar-refractivity contribution in [3.05, 3.63) is 29.6 Å². The molecule has 1 rings (SSSR count). The molecule has 1 aromatic carbocycles. The second-order valence-electron chi connectivity index (χ2n) is 5.13. The zero-order valence-corrected chi connectivity index (χ0v) is 11.7. The Labute approximate surface area is 119 Å². The Bertz CT molecular complexity index is 556. The molecule has 0 saturated carbocycles. The minimum absolute atomic E-state index is 0.507. The van der Waals surface area contributed by atoms with E-state index in [0.717, 1.165) is 6.07 Å². The van der Waals surface area contributed by atoms with Crippen LogP contribution in [0.15, 0.2) is 12.1 Å². The average Bonchev–Trinajstić information content (AvgIpc) is 2.35. The third-order valence-electron chi connectivity index (χ3n) is 2.10. The first-order chi connectivity index (χ1) is 9.60. The Hall–Kier alpha value is -2.25. The molecule has 0 spiro atoms. The summed E-state index contributed by atoms with van der Waals surface area (Å²) in [5.41, 5.74) is -1.25. The Morgan fingerprint density at radius 1 is 1.14 bits per heavy atom. The molecule has 21 heavy (non-hydrogen) atoms. The number of alkyl carbamates (subject to hydrolysis) is 1. The molecule has 0 aromatic heterocycles. The number of nitrogens with one attached hydrogen (secondary N) is 2. The van der Waals surface area contributed by atoms with Gasteiger partial charge in [-0.25, -0.2) is 18.0 Å². The van der Waals surface area contributed by atoms with Crippen molar-refractivity contribution in [2.45, 2.75) is 26.4 Å². The van der Waals surface area contributed by atoms with Crippen molar-refractivity contribution in [1.29, 1.82) is 0 Å². The van der Waals surface area contributed by atoms with Gasteiger partial charge in [-0.05, 0) is 32.9 Å². The second-order valence-corrected chi connectivity index (χ2v) is 5.13. The second kappa shape index (κ2) is 6.47. The van der Waals surface area contributed by atoms with Crippen molar-refractivity contribution in [3.63, 3.8) is 0 Å². The molecule has 0 radical (unpaired) electrons. The number of anilines is 1. The first-order valence-corrected chi connectivity index (χ1v) is 6.00. The number of carbonyl (C=O) groups excluding carboxylic acids is 2. The summed E-state index contributed by atoms with van der Waals surface area (Å²) in [5.74, 6) is -5.38. The van der Waals surface area contributed by atoms with Crippen LogP contribution in [0, 0.1) is 17.5 Å². The van der Waals surface area contributed by atoms with Gasteiger partial charge in [-0.15, -0.1) is 0 Å². The third kappa shape index (κ3) is 5.33. The Morgan fingerprint density at radius 2 is 1.76 bits per heavy atom. The van der Waals surface area contributed by atoms with Crippen LogP contribution in [0.25, 0.3) is 0 Å². The van der Waals surface area contributed by atoms with Gasteiger partial charge in [0.15, 0.2) is 17.5 Å². The largest absolute Gasteiger partial charge is 0.444 e. The van der Waals surface area contributed by atoms with Crippen molar-refractivity contribution in [1.82, 2.24) is 5.32 Å². The minimum Gasteiger partial charge on any atom is -0.444 e. The summed E-state index contributed by atoms with van der Waals surface area (Å²) in [7, 11) is 0. The van der Waals surface area contributed by atoms with Crippen LogP contribution in [0.3, 0.4) is 0 Å². The lowest BCUT2D eigenvalue weighted by molar-refractivity contribution is -0.115. The number of amides is 2. The summed E-state index contributed by atoms with van der Waals surface area (Å²) >= 11 is 0. The number of hydrogen-bond donors (Lipinski definition) is 2. The molecule has 1 aromatic rings. The van der Waals surface area contributed by atoms with E-state index in [4.69, 9.17) is 4.74 Å². The minimum atomic E-state index is -1.69. The maximum absolute atomic E-state index is 13.3. The number of halogens is 3. The van der Waals surface area contributed by atoms with Crippen LogP contribution in [-0.4, -0.2) is 24.1 Å². The van der Waals surface area contributed by atoms with E-state index >= 15 is 0 Å². The van der Waals surface area contributed by atoms with Gasteiger partial charge in [0, 0.05) is 0 Å². The molecular formula is C13H15F3N2O3. The molecule has 0 saturated heterocycles. The first kappa shape index (κ1) is 16.8. The van der Waals surface area contributed by atoms with Crippen LogP contribution in [0.4, 0.5) is 23.7 Å². The van der Waals surface area contributed by atoms with Gasteiger partial charge in [0.1, 0.15) is 12.1 Å². The van der Waals surface area contributed by atoms with Crippen molar-refractivity contribution in [2.24, 2.45) is 0 Å². The van der Waals surface area contributed by atoms with Crippen LogP contribution < -0.4 is 10.6 Å². The van der Waals surface area contributed by atoms with Gasteiger partial charge in [-0.3, -0.25) is 4.79 Å². The van der Waals surface area contributed by atoms with Crippen LogP contribution in [0.1, 0.15) is 20.8 Å². The molecule has 0 aliphatic carbocycles. The number of carbonyl (C=O) groups is 2. The molecule has 0 heterocycles. The van der Waals surface area contributed by atoms with E-state index in [0.29, 0.717) is 6.07 Å². The highest BCUT2D eigenvalue weighted by atomic mass is 19.2. The molecular weight excluding hydrogens is 289 g/mol. The van der Waals surface area contributed by atoms with Gasteiger partial charge in [0.2, 0.25) is 5.91 Å². The Kier molecular flexibility index (Phi) is 5.17. The summed E-state index contributed by atoms with van der Waals surface area (Å²) in [4.78, 5) is 22.8. The number of rotatable bonds is 3. The van der Waals surface area contributed by atoms with E-state index in [2.05, 4.69) is 5.32 Å². The van der Waals surface area contributed by atoms with Crippen molar-refractivity contribution < 1.29 is 27.5 Å². The van der Waals surface area contributed by atoms with Gasteiger partial charge in [-0.2, -0.15) is 0 Å². The van der Waals surface area contributed by atoms with Gasteiger partial charge in [0.25, 0.3) is 0 Å². The SMILES string of the molecule is CC(C)(C)OC(=O)NCC(=O)Nc1ccc(F)c(F)c1F. The monoisotopic (exact) mass is 304 g/mol. The molecule has 0 fully saturated rings. The summed E-state index contributed by atoms with van der Waals surface area (Å²) in [5, 5.41) is 4.15. The van der Waals surface area contributed by atoms with Crippen LogP contribution in [-0.2, 0) is 9.53 Å². The van der Waals surface area contributed by atoms with E-state index < -0.39 is 47.3 Å². The zero-order valence-electron chi connectivity index (χ0n) is 11.7. The highest BCUT2D eigenvalue weighted by molar-refractivity contribution is 5.93. The fourth-order valence-electron chi connectivity index (χ4n) is 1.28. The molecule has 0 atom stereocenters. The lowest BCUT2D eigenvalue weighted by Gasteiger charge is -2.19. The fraction of sp³-hybridized carbons (Fsp3) is 0.385. The van der Waals surface area contributed by atoms with Gasteiger partial charge >= 0.3 is 6.09 Å². The maximum Gasteiger partial charge on any atom is 0.408 e. The number of ether oxygens (including phenoxy) is 1. The Balaban J connectivity index is 2.55. The number of hydrogen-bond acceptors (Lipinski definition) is 3. The topological polar surface area (TPSA) is 67.4 Å². The van der Waals surface area contributed by atoms with E-state index in [1.165, 1.54) is 0 Å². The normalized spacial score (nSPS) is 11.0. The number of benzene rings is 1. The summed E-state index contributed by atoms with van der Waals surface area (Å²) in [6.45, 7) is 4.42. The highest BCUT2D eigenvalue weighted by Crippen LogP contribution is 2.19. The standard InChI is InChI=1S/C13H15F3N2O3/c1-13(2,3)21-12(20)17-6-9(19)18-8-5-4-7(14)10(15)11(8)16/h4-5H,6H2,1-3H3,(H,17,20)(H,18,19). The van der Waals surface area contributed by atoms with E-state index in [-0.39, 0.29) is 0 Å². The van der Waals surface area contributed by atoms with E-state index in [9.17, 15) is 22.8 Å². The lowest BCUT2D eigenvalue weighted by atomic mass is 10.2. The first-order valence-electron chi connectivity index (χ1n) is 6.00. The molecule has 8 heteroatoms. The average molecular weight is 304 g/mol. The third-order valence-corrected chi connectivity index (χ3v) is 2.10. The molecule has 0 aliphatic heterocycles. The fourth-order valence-corrected chi connectivity index (χ4v) is 1.28. The molecule has 0 unspecified atom stereocenters. The molecule has 2 N–H and O–H groups in total.